The van der Waals surface area contributed by atoms with Crippen molar-refractivity contribution in [1.29, 1.82) is 0 Å². The van der Waals surface area contributed by atoms with Crippen molar-refractivity contribution >= 4 is 11.8 Å². The van der Waals surface area contributed by atoms with Crippen molar-refractivity contribution in [2.24, 2.45) is 0 Å². The van der Waals surface area contributed by atoms with Gasteiger partial charge in [0.15, 0.2) is 5.78 Å². The van der Waals surface area contributed by atoms with Gasteiger partial charge in [0, 0.05) is 12.8 Å². The smallest absolute Gasteiger partial charge is 0.303 e. The molecule has 0 bridgehead atoms. The molecule has 2 aromatic carbocycles. The van der Waals surface area contributed by atoms with Gasteiger partial charge in [0.2, 0.25) is 0 Å². The fourth-order valence-electron chi connectivity index (χ4n) is 3.58. The number of hydrogen-bond acceptors (Lipinski definition) is 4. The zero-order valence-electron chi connectivity index (χ0n) is 24.5. The van der Waals surface area contributed by atoms with Gasteiger partial charge < -0.3 is 14.6 Å². The third-order valence-corrected chi connectivity index (χ3v) is 5.56. The highest BCUT2D eigenvalue weighted by molar-refractivity contribution is 5.99. The zero-order valence-corrected chi connectivity index (χ0v) is 24.5. The fourth-order valence-corrected chi connectivity index (χ4v) is 3.58. The van der Waals surface area contributed by atoms with Crippen molar-refractivity contribution < 1.29 is 24.2 Å². The van der Waals surface area contributed by atoms with E-state index in [0.717, 1.165) is 41.7 Å². The van der Waals surface area contributed by atoms with E-state index in [9.17, 15) is 9.59 Å². The Morgan fingerprint density at radius 1 is 1.11 bits per heavy atom. The molecule has 0 heterocycles. The first-order chi connectivity index (χ1) is 18.2. The quantitative estimate of drug-likeness (QED) is 0.152. The molecular weight excluding hydrogens is 476 g/mol. The molecule has 210 valence electrons. The largest absolute Gasteiger partial charge is 0.493 e. The van der Waals surface area contributed by atoms with E-state index < -0.39 is 5.97 Å². The Bertz CT molecular complexity index is 1010. The van der Waals surface area contributed by atoms with Crippen LogP contribution in [0.25, 0.3) is 0 Å². The molecule has 5 nitrogen and oxygen atoms in total. The summed E-state index contributed by atoms with van der Waals surface area (Å²) in [5.74, 6) is 0.702. The molecule has 0 aliphatic heterocycles. The summed E-state index contributed by atoms with van der Waals surface area (Å²) in [7, 11) is 0. The zero-order chi connectivity index (χ0) is 28.9. The highest BCUT2D eigenvalue weighted by atomic mass is 16.5. The number of aliphatic carboxylic acids is 1. The molecule has 0 aliphatic rings. The Labute approximate surface area is 230 Å². The van der Waals surface area contributed by atoms with Gasteiger partial charge in [-0.05, 0) is 94.3 Å². The van der Waals surface area contributed by atoms with Gasteiger partial charge in [-0.3, -0.25) is 9.59 Å². The van der Waals surface area contributed by atoms with Gasteiger partial charge in [-0.1, -0.05) is 51.1 Å². The minimum atomic E-state index is -0.791. The maximum Gasteiger partial charge on any atom is 0.303 e. The summed E-state index contributed by atoms with van der Waals surface area (Å²) in [6.45, 7) is 17.7. The summed E-state index contributed by atoms with van der Waals surface area (Å²) < 4.78 is 12.0. The minimum absolute atomic E-state index is 0.0103. The summed E-state index contributed by atoms with van der Waals surface area (Å²) in [4.78, 5) is 23.4. The first kappa shape index (κ1) is 34.7. The third-order valence-electron chi connectivity index (χ3n) is 5.56. The molecule has 0 radical (unpaired) electrons. The molecule has 1 atom stereocenters. The first-order valence-electron chi connectivity index (χ1n) is 13.7. The summed E-state index contributed by atoms with van der Waals surface area (Å²) >= 11 is 0. The number of carbonyl (C=O) groups excluding carboxylic acids is 1. The molecule has 0 aliphatic carbocycles. The number of aryl methyl sites for hydroxylation is 3. The number of allylic oxidation sites excluding steroid dienone is 3. The number of carbonyl (C=O) groups is 2. The predicted octanol–water partition coefficient (Wildman–Crippen LogP) is 8.57. The number of benzene rings is 2. The number of carboxylic acids is 1. The summed E-state index contributed by atoms with van der Waals surface area (Å²) in [5, 5.41) is 8.86. The maximum atomic E-state index is 12.6. The summed E-state index contributed by atoms with van der Waals surface area (Å²) in [5.41, 5.74) is 3.84. The van der Waals surface area contributed by atoms with Crippen LogP contribution < -0.4 is 9.47 Å². The SMILES string of the molecule is C/C=C\CC(=O)c1cc(CC)ccc1OCCCC(C)Oc1ccc(CCC(=O)O)c(C)c1.C=CC.CC. The number of rotatable bonds is 14. The van der Waals surface area contributed by atoms with Crippen molar-refractivity contribution in [2.45, 2.75) is 93.1 Å². The Morgan fingerprint density at radius 2 is 1.79 bits per heavy atom. The molecule has 0 amide bonds. The van der Waals surface area contributed by atoms with Crippen LogP contribution in [-0.2, 0) is 17.6 Å². The van der Waals surface area contributed by atoms with E-state index in [-0.39, 0.29) is 18.3 Å². The minimum Gasteiger partial charge on any atom is -0.493 e. The second kappa shape index (κ2) is 20.7. The van der Waals surface area contributed by atoms with E-state index >= 15 is 0 Å². The Hall–Kier alpha value is -3.34. The van der Waals surface area contributed by atoms with Crippen LogP contribution in [0.3, 0.4) is 0 Å². The monoisotopic (exact) mass is 524 g/mol. The van der Waals surface area contributed by atoms with E-state index in [1.54, 1.807) is 6.08 Å². The standard InChI is InChI=1S/C28H36O5.C3H6.C2H6/c1-5-7-10-26(29)25-19-22(6-2)11-15-27(25)32-17-8-9-21(4)33-24-14-12-23(20(3)18-24)13-16-28(30)31;1-3-2;1-2/h5,7,11-12,14-15,18-19,21H,6,8-10,13,16-17H2,1-4H3,(H,30,31);3H,1H2,2H3;1-2H3/b7-5-;;. The fraction of sp³-hybridized carbons (Fsp3) is 0.455. The van der Waals surface area contributed by atoms with E-state index in [0.29, 0.717) is 30.8 Å². The molecule has 1 N–H and O–H groups in total. The van der Waals surface area contributed by atoms with Crippen LogP contribution in [0.15, 0.2) is 61.2 Å². The topological polar surface area (TPSA) is 72.8 Å². The normalized spacial score (nSPS) is 10.9. The van der Waals surface area contributed by atoms with Crippen molar-refractivity contribution in [3.8, 4) is 11.5 Å². The molecule has 5 heteroatoms. The summed E-state index contributed by atoms with van der Waals surface area (Å²) in [6, 6.07) is 11.6. The van der Waals surface area contributed by atoms with E-state index in [1.165, 1.54) is 0 Å². The lowest BCUT2D eigenvalue weighted by atomic mass is 10.0. The highest BCUT2D eigenvalue weighted by Gasteiger charge is 2.13. The Balaban J connectivity index is 0.00000255. The van der Waals surface area contributed by atoms with E-state index in [4.69, 9.17) is 14.6 Å². The lowest BCUT2D eigenvalue weighted by Gasteiger charge is -2.17. The van der Waals surface area contributed by atoms with Crippen LogP contribution in [0.4, 0.5) is 0 Å². The maximum absolute atomic E-state index is 12.6. The lowest BCUT2D eigenvalue weighted by Crippen LogP contribution is -2.14. The van der Waals surface area contributed by atoms with Crippen molar-refractivity contribution in [1.82, 2.24) is 0 Å². The molecule has 0 aromatic heterocycles. The highest BCUT2D eigenvalue weighted by Crippen LogP contribution is 2.24. The number of ketones is 1. The van der Waals surface area contributed by atoms with Crippen LogP contribution >= 0.6 is 0 Å². The van der Waals surface area contributed by atoms with Gasteiger partial charge in [-0.25, -0.2) is 0 Å². The Kier molecular flexibility index (Phi) is 18.9. The number of Topliss-reactive ketones (excluding diaryl/α,β-unsaturated/α-hetero) is 1. The average molecular weight is 525 g/mol. The lowest BCUT2D eigenvalue weighted by molar-refractivity contribution is -0.136. The van der Waals surface area contributed by atoms with E-state index in [1.807, 2.05) is 90.1 Å². The first-order valence-corrected chi connectivity index (χ1v) is 13.7. The van der Waals surface area contributed by atoms with Crippen LogP contribution in [0, 0.1) is 6.92 Å². The Morgan fingerprint density at radius 3 is 2.37 bits per heavy atom. The second-order valence-corrected chi connectivity index (χ2v) is 8.69. The van der Waals surface area contributed by atoms with Crippen LogP contribution in [-0.4, -0.2) is 29.6 Å². The average Bonchev–Trinajstić information content (AvgIpc) is 2.90. The van der Waals surface area contributed by atoms with Crippen LogP contribution in [0.1, 0.15) is 94.3 Å². The van der Waals surface area contributed by atoms with Crippen molar-refractivity contribution in [2.75, 3.05) is 6.61 Å². The van der Waals surface area contributed by atoms with Gasteiger partial charge in [0.1, 0.15) is 11.5 Å². The third kappa shape index (κ3) is 13.8. The van der Waals surface area contributed by atoms with Gasteiger partial charge in [-0.15, -0.1) is 6.58 Å². The van der Waals surface area contributed by atoms with Gasteiger partial charge in [0.05, 0.1) is 18.3 Å². The molecule has 0 fully saturated rings. The molecule has 2 aromatic rings. The van der Waals surface area contributed by atoms with Crippen LogP contribution in [0.5, 0.6) is 11.5 Å². The molecule has 0 saturated carbocycles. The molecule has 0 saturated heterocycles. The molecule has 0 spiro atoms. The van der Waals surface area contributed by atoms with E-state index in [2.05, 4.69) is 13.5 Å². The number of carboxylic acid groups (broad SMARTS) is 1. The van der Waals surface area contributed by atoms with Crippen LogP contribution in [0.2, 0.25) is 0 Å². The van der Waals surface area contributed by atoms with Gasteiger partial charge in [0.25, 0.3) is 0 Å². The molecule has 1 unspecified atom stereocenters. The molecule has 38 heavy (non-hydrogen) atoms. The molecular formula is C33H48O5. The van der Waals surface area contributed by atoms with Gasteiger partial charge in [-0.2, -0.15) is 0 Å². The number of hydrogen-bond donors (Lipinski definition) is 1. The number of ether oxygens (including phenoxy) is 2. The second-order valence-electron chi connectivity index (χ2n) is 8.69. The molecule has 2 rings (SSSR count). The van der Waals surface area contributed by atoms with Crippen molar-refractivity contribution in [3.05, 3.63) is 83.5 Å². The van der Waals surface area contributed by atoms with Gasteiger partial charge >= 0.3 is 5.97 Å². The predicted molar refractivity (Wildman–Crippen MR) is 159 cm³/mol. The summed E-state index contributed by atoms with van der Waals surface area (Å²) in [6.07, 6.45) is 9.02. The van der Waals surface area contributed by atoms with Crippen molar-refractivity contribution in [3.63, 3.8) is 0 Å².